The molecule has 0 bridgehead atoms. The molecule has 0 spiro atoms. The molecule has 0 atom stereocenters. The average Bonchev–Trinajstić information content (AvgIpc) is 2.25. The van der Waals surface area contributed by atoms with Gasteiger partial charge in [-0.3, -0.25) is 0 Å². The fourth-order valence-electron chi connectivity index (χ4n) is 1.16. The van der Waals surface area contributed by atoms with Crippen molar-refractivity contribution < 1.29 is 13.9 Å². The average molecular weight is 250 g/mol. The number of hydrogen-bond acceptors (Lipinski definition) is 2. The molecule has 90 valence electrons. The van der Waals surface area contributed by atoms with E-state index < -0.39 is 19.9 Å². The highest BCUT2D eigenvalue weighted by atomic mass is 28.3. The van der Waals surface area contributed by atoms with E-state index in [0.29, 0.717) is 5.56 Å². The summed E-state index contributed by atoms with van der Waals surface area (Å²) in [6.07, 6.45) is 0. The van der Waals surface area contributed by atoms with Crippen molar-refractivity contribution in [3.05, 3.63) is 35.1 Å². The molecular weight excluding hydrogens is 235 g/mol. The quantitative estimate of drug-likeness (QED) is 0.435. The van der Waals surface area contributed by atoms with Gasteiger partial charge in [-0.25, -0.2) is 9.18 Å². The van der Waals surface area contributed by atoms with Crippen LogP contribution in [0.4, 0.5) is 4.39 Å². The van der Waals surface area contributed by atoms with Crippen molar-refractivity contribution in [3.63, 3.8) is 0 Å². The molecule has 4 heteroatoms. The van der Waals surface area contributed by atoms with Crippen LogP contribution in [0.3, 0.4) is 0 Å². The molecule has 0 saturated heterocycles. The van der Waals surface area contributed by atoms with Crippen LogP contribution in [0.1, 0.15) is 15.9 Å². The van der Waals surface area contributed by atoms with E-state index in [1.54, 1.807) is 0 Å². The summed E-state index contributed by atoms with van der Waals surface area (Å²) in [5, 5.41) is 0. The Morgan fingerprint density at radius 3 is 2.53 bits per heavy atom. The zero-order valence-corrected chi connectivity index (χ0v) is 11.4. The van der Waals surface area contributed by atoms with Gasteiger partial charge in [0.15, 0.2) is 0 Å². The van der Waals surface area contributed by atoms with Gasteiger partial charge in [-0.1, -0.05) is 25.6 Å². The number of ether oxygens (including phenoxy) is 1. The van der Waals surface area contributed by atoms with Gasteiger partial charge in [-0.15, -0.1) is 5.54 Å². The molecule has 1 aromatic rings. The van der Waals surface area contributed by atoms with Gasteiger partial charge in [0.2, 0.25) is 0 Å². The van der Waals surface area contributed by atoms with Crippen LogP contribution in [-0.4, -0.2) is 21.2 Å². The Labute approximate surface area is 102 Å². The minimum atomic E-state index is -1.53. The smallest absolute Gasteiger partial charge is 0.339 e. The molecule has 0 aliphatic heterocycles. The van der Waals surface area contributed by atoms with Crippen molar-refractivity contribution in [2.75, 3.05) is 7.11 Å². The SMILES string of the molecule is COC(=O)c1cc(F)ccc1C#C[Si](C)(C)C. The Bertz CT molecular complexity index is 492. The molecule has 0 unspecified atom stereocenters. The normalized spacial score (nSPS) is 10.4. The number of halogens is 1. The molecular formula is C13H15FO2Si. The van der Waals surface area contributed by atoms with Gasteiger partial charge in [0.1, 0.15) is 13.9 Å². The maximum Gasteiger partial charge on any atom is 0.339 e. The molecule has 0 amide bonds. The van der Waals surface area contributed by atoms with Gasteiger partial charge in [0.25, 0.3) is 0 Å². The Morgan fingerprint density at radius 1 is 1.35 bits per heavy atom. The Balaban J connectivity index is 3.23. The van der Waals surface area contributed by atoms with Crippen LogP contribution in [-0.2, 0) is 4.74 Å². The predicted octanol–water partition coefficient (Wildman–Crippen LogP) is 2.84. The molecule has 17 heavy (non-hydrogen) atoms. The Morgan fingerprint density at radius 2 is 2.00 bits per heavy atom. The first-order chi connectivity index (χ1) is 7.83. The second-order valence-electron chi connectivity index (χ2n) is 4.68. The largest absolute Gasteiger partial charge is 0.465 e. The van der Waals surface area contributed by atoms with Gasteiger partial charge in [0, 0.05) is 5.56 Å². The third-order valence-electron chi connectivity index (χ3n) is 1.96. The maximum atomic E-state index is 13.1. The van der Waals surface area contributed by atoms with Gasteiger partial charge in [-0.05, 0) is 18.2 Å². The van der Waals surface area contributed by atoms with E-state index in [1.165, 1.54) is 19.2 Å². The highest BCUT2D eigenvalue weighted by Crippen LogP contribution is 2.12. The van der Waals surface area contributed by atoms with Crippen LogP contribution in [0, 0.1) is 17.3 Å². The van der Waals surface area contributed by atoms with Crippen molar-refractivity contribution in [2.24, 2.45) is 0 Å². The fourth-order valence-corrected chi connectivity index (χ4v) is 1.67. The van der Waals surface area contributed by atoms with Gasteiger partial charge < -0.3 is 4.74 Å². The summed E-state index contributed by atoms with van der Waals surface area (Å²) in [4.78, 5) is 11.5. The zero-order valence-electron chi connectivity index (χ0n) is 10.4. The lowest BCUT2D eigenvalue weighted by Crippen LogP contribution is -2.16. The lowest BCUT2D eigenvalue weighted by Gasteiger charge is -2.05. The van der Waals surface area contributed by atoms with Crippen LogP contribution >= 0.6 is 0 Å². The van der Waals surface area contributed by atoms with Crippen LogP contribution in [0.5, 0.6) is 0 Å². The standard InChI is InChI=1S/C13H15FO2Si/c1-16-13(15)12-9-11(14)6-5-10(12)7-8-17(2,3)4/h5-6,9H,1-4H3. The number of carbonyl (C=O) groups is 1. The monoisotopic (exact) mass is 250 g/mol. The van der Waals surface area contributed by atoms with Crippen molar-refractivity contribution in [2.45, 2.75) is 19.6 Å². The molecule has 0 aliphatic rings. The summed E-state index contributed by atoms with van der Waals surface area (Å²) in [5.74, 6) is 1.91. The topological polar surface area (TPSA) is 26.3 Å². The van der Waals surface area contributed by atoms with Crippen LogP contribution in [0.2, 0.25) is 19.6 Å². The number of carbonyl (C=O) groups excluding carboxylic acids is 1. The first-order valence-electron chi connectivity index (χ1n) is 5.24. The first-order valence-corrected chi connectivity index (χ1v) is 8.74. The minimum Gasteiger partial charge on any atom is -0.465 e. The van der Waals surface area contributed by atoms with Crippen LogP contribution < -0.4 is 0 Å². The summed E-state index contributed by atoms with van der Waals surface area (Å²) in [6.45, 7) is 6.30. The molecule has 0 heterocycles. The summed E-state index contributed by atoms with van der Waals surface area (Å²) >= 11 is 0. The number of rotatable bonds is 1. The predicted molar refractivity (Wildman–Crippen MR) is 68.0 cm³/mol. The Hall–Kier alpha value is -1.60. The third-order valence-corrected chi connectivity index (χ3v) is 2.83. The highest BCUT2D eigenvalue weighted by molar-refractivity contribution is 6.83. The molecule has 0 aliphatic carbocycles. The summed E-state index contributed by atoms with van der Waals surface area (Å²) in [7, 11) is -0.262. The van der Waals surface area contributed by atoms with E-state index in [1.807, 2.05) is 0 Å². The molecule has 1 aromatic carbocycles. The third kappa shape index (κ3) is 4.04. The Kier molecular flexibility index (Phi) is 4.08. The summed E-state index contributed by atoms with van der Waals surface area (Å²) in [5.41, 5.74) is 3.83. The van der Waals surface area contributed by atoms with Crippen molar-refractivity contribution in [1.82, 2.24) is 0 Å². The van der Waals surface area contributed by atoms with Gasteiger partial charge in [0.05, 0.1) is 12.7 Å². The van der Waals surface area contributed by atoms with E-state index in [2.05, 4.69) is 35.8 Å². The van der Waals surface area contributed by atoms with E-state index in [9.17, 15) is 9.18 Å². The molecule has 0 radical (unpaired) electrons. The summed E-state index contributed by atoms with van der Waals surface area (Å²) in [6, 6.07) is 3.95. The van der Waals surface area contributed by atoms with Crippen molar-refractivity contribution in [3.8, 4) is 11.5 Å². The molecule has 0 aromatic heterocycles. The molecule has 2 nitrogen and oxygen atoms in total. The fraction of sp³-hybridized carbons (Fsp3) is 0.308. The van der Waals surface area contributed by atoms with E-state index in [0.717, 1.165) is 6.07 Å². The van der Waals surface area contributed by atoms with E-state index in [4.69, 9.17) is 0 Å². The highest BCUT2D eigenvalue weighted by Gasteiger charge is 2.13. The molecule has 0 fully saturated rings. The second-order valence-corrected chi connectivity index (χ2v) is 9.43. The lowest BCUT2D eigenvalue weighted by atomic mass is 10.1. The molecule has 0 saturated carbocycles. The number of esters is 1. The van der Waals surface area contributed by atoms with E-state index >= 15 is 0 Å². The van der Waals surface area contributed by atoms with Crippen molar-refractivity contribution in [1.29, 1.82) is 0 Å². The van der Waals surface area contributed by atoms with E-state index in [-0.39, 0.29) is 5.56 Å². The lowest BCUT2D eigenvalue weighted by molar-refractivity contribution is 0.0600. The number of methoxy groups -OCH3 is 1. The summed E-state index contributed by atoms with van der Waals surface area (Å²) < 4.78 is 17.7. The second kappa shape index (κ2) is 5.15. The molecule has 0 N–H and O–H groups in total. The minimum absolute atomic E-state index is 0.179. The van der Waals surface area contributed by atoms with Gasteiger partial charge >= 0.3 is 5.97 Å². The number of hydrogen-bond donors (Lipinski definition) is 0. The maximum absolute atomic E-state index is 13.1. The van der Waals surface area contributed by atoms with Crippen LogP contribution in [0.25, 0.3) is 0 Å². The van der Waals surface area contributed by atoms with Crippen molar-refractivity contribution >= 4 is 14.0 Å². The zero-order chi connectivity index (χ0) is 13.1. The van der Waals surface area contributed by atoms with Crippen LogP contribution in [0.15, 0.2) is 18.2 Å². The first kappa shape index (κ1) is 13.5. The van der Waals surface area contributed by atoms with Gasteiger partial charge in [-0.2, -0.15) is 0 Å². The molecule has 1 rings (SSSR count). The number of benzene rings is 1.